The lowest BCUT2D eigenvalue weighted by Crippen LogP contribution is -2.48. The molecule has 1 saturated carbocycles. The number of aliphatic carboxylic acids is 1. The smallest absolute Gasteiger partial charge is 0.313 e. The fourth-order valence-electron chi connectivity index (χ4n) is 5.53. The molecule has 3 rings (SSSR count). The number of carboxylic acids is 1. The molecular formula is C20H30O2. The molecule has 0 bridgehead atoms. The zero-order chi connectivity index (χ0) is 16.1. The van der Waals surface area contributed by atoms with Gasteiger partial charge in [0.2, 0.25) is 0 Å². The first kappa shape index (κ1) is 15.8. The van der Waals surface area contributed by atoms with Crippen molar-refractivity contribution < 1.29 is 9.90 Å². The van der Waals surface area contributed by atoms with E-state index in [9.17, 15) is 9.90 Å². The summed E-state index contributed by atoms with van der Waals surface area (Å²) in [4.78, 5) is 11.9. The van der Waals surface area contributed by atoms with Gasteiger partial charge in [0.1, 0.15) is 0 Å². The Kier molecular flexibility index (Phi) is 3.78. The van der Waals surface area contributed by atoms with E-state index in [0.29, 0.717) is 12.3 Å². The Morgan fingerprint density at radius 3 is 2.68 bits per heavy atom. The van der Waals surface area contributed by atoms with Gasteiger partial charge in [-0.15, -0.1) is 0 Å². The second-order valence-corrected chi connectivity index (χ2v) is 8.56. The predicted octanol–water partition coefficient (Wildman–Crippen LogP) is 5.06. The van der Waals surface area contributed by atoms with Crippen molar-refractivity contribution in [2.75, 3.05) is 0 Å². The van der Waals surface area contributed by atoms with Crippen molar-refractivity contribution in [1.82, 2.24) is 0 Å². The molecule has 0 saturated heterocycles. The van der Waals surface area contributed by atoms with Crippen molar-refractivity contribution in [3.05, 3.63) is 23.8 Å². The summed E-state index contributed by atoms with van der Waals surface area (Å²) in [7, 11) is 0. The molecule has 0 radical (unpaired) electrons. The van der Waals surface area contributed by atoms with Crippen LogP contribution in [0.5, 0.6) is 0 Å². The van der Waals surface area contributed by atoms with Gasteiger partial charge in [0, 0.05) is 5.41 Å². The summed E-state index contributed by atoms with van der Waals surface area (Å²) in [5.74, 6) is 2.31. The van der Waals surface area contributed by atoms with E-state index in [1.54, 1.807) is 0 Å². The normalized spacial score (nSPS) is 44.2. The first-order chi connectivity index (χ1) is 10.3. The van der Waals surface area contributed by atoms with Crippen LogP contribution in [0, 0.1) is 34.5 Å². The number of fused-ring (bicyclic) bond motifs is 3. The maximum absolute atomic E-state index is 11.9. The highest BCUT2D eigenvalue weighted by molar-refractivity contribution is 5.80. The van der Waals surface area contributed by atoms with Crippen molar-refractivity contribution in [1.29, 1.82) is 0 Å². The molecule has 0 spiro atoms. The van der Waals surface area contributed by atoms with Crippen LogP contribution in [-0.4, -0.2) is 11.1 Å². The van der Waals surface area contributed by atoms with Crippen LogP contribution in [0.1, 0.15) is 59.8 Å². The van der Waals surface area contributed by atoms with E-state index in [4.69, 9.17) is 0 Å². The van der Waals surface area contributed by atoms with Crippen molar-refractivity contribution >= 4 is 5.97 Å². The standard InChI is InChI=1S/C20H30O2/c1-13(2)14-6-8-16-15(12-14)7-9-17-19(16,3)10-5-11-20(17,4)18(21)22/h5,9-10,13-16H,6-8,11-12H2,1-4H3,(H,21,22)/t14-,15-,16-,19+,20+/m0/s1. The van der Waals surface area contributed by atoms with Crippen LogP contribution in [0.3, 0.4) is 0 Å². The summed E-state index contributed by atoms with van der Waals surface area (Å²) in [6.07, 6.45) is 12.3. The molecule has 3 aliphatic carbocycles. The Morgan fingerprint density at radius 1 is 1.32 bits per heavy atom. The molecule has 0 aromatic rings. The van der Waals surface area contributed by atoms with Crippen molar-refractivity contribution in [3.8, 4) is 0 Å². The lowest BCUT2D eigenvalue weighted by atomic mass is 9.49. The lowest BCUT2D eigenvalue weighted by molar-refractivity contribution is -0.147. The number of carboxylic acid groups (broad SMARTS) is 1. The van der Waals surface area contributed by atoms with Gasteiger partial charge in [-0.1, -0.05) is 39.0 Å². The van der Waals surface area contributed by atoms with Crippen LogP contribution in [0.15, 0.2) is 23.8 Å². The molecule has 0 aromatic heterocycles. The molecule has 0 aliphatic heterocycles. The summed E-state index contributed by atoms with van der Waals surface area (Å²) in [6.45, 7) is 8.91. The second-order valence-electron chi connectivity index (χ2n) is 8.56. The van der Waals surface area contributed by atoms with Gasteiger partial charge >= 0.3 is 5.97 Å². The van der Waals surface area contributed by atoms with Crippen molar-refractivity contribution in [3.63, 3.8) is 0 Å². The highest BCUT2D eigenvalue weighted by atomic mass is 16.4. The Labute approximate surface area is 134 Å². The number of carbonyl (C=O) groups is 1. The van der Waals surface area contributed by atoms with Crippen LogP contribution in [0.4, 0.5) is 0 Å². The van der Waals surface area contributed by atoms with Crippen LogP contribution in [0.2, 0.25) is 0 Å². The molecule has 0 heterocycles. The topological polar surface area (TPSA) is 37.3 Å². The van der Waals surface area contributed by atoms with Gasteiger partial charge < -0.3 is 5.11 Å². The zero-order valence-electron chi connectivity index (χ0n) is 14.4. The van der Waals surface area contributed by atoms with Crippen molar-refractivity contribution in [2.24, 2.45) is 34.5 Å². The van der Waals surface area contributed by atoms with E-state index in [1.807, 2.05) is 6.92 Å². The number of hydrogen-bond donors (Lipinski definition) is 1. The van der Waals surface area contributed by atoms with Gasteiger partial charge in [-0.25, -0.2) is 0 Å². The van der Waals surface area contributed by atoms with Gasteiger partial charge in [0.25, 0.3) is 0 Å². The molecule has 122 valence electrons. The molecule has 2 heteroatoms. The average Bonchev–Trinajstić information content (AvgIpc) is 2.46. The molecule has 22 heavy (non-hydrogen) atoms. The van der Waals surface area contributed by atoms with Gasteiger partial charge in [-0.05, 0) is 68.3 Å². The maximum Gasteiger partial charge on any atom is 0.313 e. The van der Waals surface area contributed by atoms with E-state index in [1.165, 1.54) is 24.8 Å². The number of allylic oxidation sites excluding steroid dienone is 3. The third-order valence-electron chi connectivity index (χ3n) is 7.00. The largest absolute Gasteiger partial charge is 0.481 e. The average molecular weight is 302 g/mol. The van der Waals surface area contributed by atoms with E-state index in [-0.39, 0.29) is 5.41 Å². The van der Waals surface area contributed by atoms with Crippen LogP contribution < -0.4 is 0 Å². The minimum absolute atomic E-state index is 0.0454. The summed E-state index contributed by atoms with van der Waals surface area (Å²) in [6, 6.07) is 0. The summed E-state index contributed by atoms with van der Waals surface area (Å²) >= 11 is 0. The number of rotatable bonds is 2. The molecule has 3 aliphatic rings. The molecule has 0 aromatic carbocycles. The summed E-state index contributed by atoms with van der Waals surface area (Å²) in [5, 5.41) is 9.79. The third-order valence-corrected chi connectivity index (χ3v) is 7.00. The quantitative estimate of drug-likeness (QED) is 0.724. The molecule has 1 N–H and O–H groups in total. The minimum atomic E-state index is -0.705. The molecule has 0 unspecified atom stereocenters. The molecule has 2 nitrogen and oxygen atoms in total. The molecular weight excluding hydrogens is 272 g/mol. The van der Waals surface area contributed by atoms with E-state index in [0.717, 1.165) is 24.2 Å². The van der Waals surface area contributed by atoms with E-state index >= 15 is 0 Å². The minimum Gasteiger partial charge on any atom is -0.481 e. The fraction of sp³-hybridized carbons (Fsp3) is 0.750. The Balaban J connectivity index is 1.96. The second kappa shape index (κ2) is 5.25. The van der Waals surface area contributed by atoms with Crippen LogP contribution >= 0.6 is 0 Å². The van der Waals surface area contributed by atoms with E-state index < -0.39 is 11.4 Å². The van der Waals surface area contributed by atoms with Gasteiger partial charge in [0.15, 0.2) is 0 Å². The first-order valence-corrected chi connectivity index (χ1v) is 8.91. The number of hydrogen-bond acceptors (Lipinski definition) is 1. The first-order valence-electron chi connectivity index (χ1n) is 8.91. The van der Waals surface area contributed by atoms with Crippen molar-refractivity contribution in [2.45, 2.75) is 59.8 Å². The van der Waals surface area contributed by atoms with Crippen LogP contribution in [-0.2, 0) is 4.79 Å². The maximum atomic E-state index is 11.9. The Bertz CT molecular complexity index is 530. The highest BCUT2D eigenvalue weighted by Crippen LogP contribution is 2.60. The molecule has 0 amide bonds. The Hall–Kier alpha value is -1.05. The van der Waals surface area contributed by atoms with Crippen LogP contribution in [0.25, 0.3) is 0 Å². The lowest BCUT2D eigenvalue weighted by Gasteiger charge is -2.54. The third kappa shape index (κ3) is 2.18. The monoisotopic (exact) mass is 302 g/mol. The summed E-state index contributed by atoms with van der Waals surface area (Å²) in [5.41, 5.74) is 0.429. The predicted molar refractivity (Wildman–Crippen MR) is 89.5 cm³/mol. The highest BCUT2D eigenvalue weighted by Gasteiger charge is 2.53. The Morgan fingerprint density at radius 2 is 2.05 bits per heavy atom. The zero-order valence-corrected chi connectivity index (χ0v) is 14.4. The van der Waals surface area contributed by atoms with Gasteiger partial charge in [-0.2, -0.15) is 0 Å². The van der Waals surface area contributed by atoms with E-state index in [2.05, 4.69) is 39.0 Å². The molecule has 1 fully saturated rings. The SMILES string of the molecule is CC(C)[C@H]1CC[C@H]2[C@@H](CC=C3[C@](C)(C(=O)O)CC=C[C@@]32C)C1. The van der Waals surface area contributed by atoms with Gasteiger partial charge in [0.05, 0.1) is 5.41 Å². The fourth-order valence-corrected chi connectivity index (χ4v) is 5.53. The molecule has 5 atom stereocenters. The van der Waals surface area contributed by atoms with Gasteiger partial charge in [-0.3, -0.25) is 4.79 Å². The summed E-state index contributed by atoms with van der Waals surface area (Å²) < 4.78 is 0.